The summed E-state index contributed by atoms with van der Waals surface area (Å²) in [6.45, 7) is 5.05. The highest BCUT2D eigenvalue weighted by Crippen LogP contribution is 2.21. The van der Waals surface area contributed by atoms with Crippen molar-refractivity contribution in [3.63, 3.8) is 0 Å². The van der Waals surface area contributed by atoms with E-state index in [2.05, 4.69) is 24.0 Å². The van der Waals surface area contributed by atoms with Crippen LogP contribution in [0, 0.1) is 6.92 Å². The molecule has 1 aromatic rings. The van der Waals surface area contributed by atoms with Gasteiger partial charge in [0, 0.05) is 25.9 Å². The molecule has 0 saturated carbocycles. The Hall–Kier alpha value is -1.35. The second-order valence-electron chi connectivity index (χ2n) is 5.30. The van der Waals surface area contributed by atoms with Crippen LogP contribution in [0.3, 0.4) is 0 Å². The summed E-state index contributed by atoms with van der Waals surface area (Å²) in [5.74, 6) is 1.40. The molecule has 19 heavy (non-hydrogen) atoms. The van der Waals surface area contributed by atoms with Crippen molar-refractivity contribution in [2.45, 2.75) is 32.6 Å². The number of carbonyl (C=O) groups excluding carboxylic acids is 1. The number of nitrogens with zero attached hydrogens (tertiary/aromatic N) is 1. The standard InChI is InChI=1S/C16H23NO2/c1-13-5-6-16(19-2)14(12-13)4-3-9-17-10-7-15(18)8-11-17/h5-6,12H,3-4,7-11H2,1-2H3. The molecular weight excluding hydrogens is 238 g/mol. The SMILES string of the molecule is COc1ccc(C)cc1CCCN1CCC(=O)CC1. The third kappa shape index (κ3) is 4.06. The first-order valence-corrected chi connectivity index (χ1v) is 7.06. The molecule has 1 heterocycles. The highest BCUT2D eigenvalue weighted by Gasteiger charge is 2.15. The zero-order valence-electron chi connectivity index (χ0n) is 11.9. The second-order valence-corrected chi connectivity index (χ2v) is 5.30. The fraction of sp³-hybridized carbons (Fsp3) is 0.562. The molecule has 104 valence electrons. The molecule has 1 aromatic carbocycles. The minimum absolute atomic E-state index is 0.414. The van der Waals surface area contributed by atoms with Crippen LogP contribution in [0.2, 0.25) is 0 Å². The molecule has 0 amide bonds. The van der Waals surface area contributed by atoms with Crippen LogP contribution in [0.1, 0.15) is 30.4 Å². The van der Waals surface area contributed by atoms with Crippen LogP contribution in [0.25, 0.3) is 0 Å². The zero-order chi connectivity index (χ0) is 13.7. The molecule has 3 nitrogen and oxygen atoms in total. The Bertz CT molecular complexity index is 432. The number of piperidine rings is 1. The molecule has 1 fully saturated rings. The smallest absolute Gasteiger partial charge is 0.135 e. The quantitative estimate of drug-likeness (QED) is 0.816. The number of hydrogen-bond donors (Lipinski definition) is 0. The van der Waals surface area contributed by atoms with Crippen molar-refractivity contribution in [1.29, 1.82) is 0 Å². The molecule has 0 aliphatic carbocycles. The van der Waals surface area contributed by atoms with E-state index in [9.17, 15) is 4.79 Å². The van der Waals surface area contributed by atoms with Crippen LogP contribution in [0.5, 0.6) is 5.75 Å². The maximum atomic E-state index is 11.2. The Labute approximate surface area is 115 Å². The molecular formula is C16H23NO2. The van der Waals surface area contributed by atoms with Gasteiger partial charge in [0.2, 0.25) is 0 Å². The average molecular weight is 261 g/mol. The molecule has 1 saturated heterocycles. The van der Waals surface area contributed by atoms with Gasteiger partial charge in [-0.05, 0) is 37.9 Å². The number of carbonyl (C=O) groups is 1. The van der Waals surface area contributed by atoms with E-state index in [-0.39, 0.29) is 0 Å². The number of hydrogen-bond acceptors (Lipinski definition) is 3. The molecule has 0 N–H and O–H groups in total. The predicted octanol–water partition coefficient (Wildman–Crippen LogP) is 2.60. The van der Waals surface area contributed by atoms with Crippen molar-refractivity contribution in [3.05, 3.63) is 29.3 Å². The summed E-state index contributed by atoms with van der Waals surface area (Å²) in [6, 6.07) is 6.33. The van der Waals surface area contributed by atoms with Crippen LogP contribution in [0.4, 0.5) is 0 Å². The average Bonchev–Trinajstić information content (AvgIpc) is 2.41. The third-order valence-electron chi connectivity index (χ3n) is 3.77. The molecule has 0 spiro atoms. The normalized spacial score (nSPS) is 16.6. The number of Topliss-reactive ketones (excluding diaryl/α,β-unsaturated/α-hetero) is 1. The number of methoxy groups -OCH3 is 1. The van der Waals surface area contributed by atoms with E-state index < -0.39 is 0 Å². The van der Waals surface area contributed by atoms with E-state index >= 15 is 0 Å². The van der Waals surface area contributed by atoms with E-state index in [0.717, 1.165) is 51.1 Å². The lowest BCUT2D eigenvalue weighted by Gasteiger charge is -2.25. The van der Waals surface area contributed by atoms with E-state index in [1.54, 1.807) is 7.11 Å². The first-order chi connectivity index (χ1) is 9.19. The fourth-order valence-corrected chi connectivity index (χ4v) is 2.62. The van der Waals surface area contributed by atoms with Crippen LogP contribution in [-0.4, -0.2) is 37.4 Å². The van der Waals surface area contributed by atoms with Gasteiger partial charge in [0.1, 0.15) is 11.5 Å². The summed E-state index contributed by atoms with van der Waals surface area (Å²) < 4.78 is 5.40. The first-order valence-electron chi connectivity index (χ1n) is 7.06. The van der Waals surface area contributed by atoms with Gasteiger partial charge in [0.05, 0.1) is 7.11 Å². The van der Waals surface area contributed by atoms with Gasteiger partial charge >= 0.3 is 0 Å². The minimum Gasteiger partial charge on any atom is -0.496 e. The summed E-state index contributed by atoms with van der Waals surface area (Å²) in [7, 11) is 1.73. The number of benzene rings is 1. The third-order valence-corrected chi connectivity index (χ3v) is 3.77. The van der Waals surface area contributed by atoms with Crippen LogP contribution >= 0.6 is 0 Å². The fourth-order valence-electron chi connectivity index (χ4n) is 2.62. The summed E-state index contributed by atoms with van der Waals surface area (Å²) in [6.07, 6.45) is 3.62. The minimum atomic E-state index is 0.414. The van der Waals surface area contributed by atoms with Gasteiger partial charge in [-0.2, -0.15) is 0 Å². The number of rotatable bonds is 5. The van der Waals surface area contributed by atoms with E-state index in [1.165, 1.54) is 11.1 Å². The Balaban J connectivity index is 1.82. The highest BCUT2D eigenvalue weighted by atomic mass is 16.5. The maximum Gasteiger partial charge on any atom is 0.135 e. The van der Waals surface area contributed by atoms with Crippen molar-refractivity contribution in [2.24, 2.45) is 0 Å². The number of aryl methyl sites for hydroxylation is 2. The monoisotopic (exact) mass is 261 g/mol. The Kier molecular flexibility index (Phi) is 4.97. The van der Waals surface area contributed by atoms with Crippen molar-refractivity contribution >= 4 is 5.78 Å². The number of likely N-dealkylation sites (tertiary alicyclic amines) is 1. The van der Waals surface area contributed by atoms with Crippen molar-refractivity contribution in [1.82, 2.24) is 4.90 Å². The van der Waals surface area contributed by atoms with E-state index in [0.29, 0.717) is 5.78 Å². The predicted molar refractivity (Wildman–Crippen MR) is 76.7 cm³/mol. The van der Waals surface area contributed by atoms with Crippen LogP contribution < -0.4 is 4.74 Å². The Morgan fingerprint density at radius 3 is 2.68 bits per heavy atom. The van der Waals surface area contributed by atoms with Crippen molar-refractivity contribution < 1.29 is 9.53 Å². The van der Waals surface area contributed by atoms with Gasteiger partial charge in [0.15, 0.2) is 0 Å². The lowest BCUT2D eigenvalue weighted by atomic mass is 10.0. The molecule has 0 atom stereocenters. The van der Waals surface area contributed by atoms with E-state index in [1.807, 2.05) is 6.07 Å². The van der Waals surface area contributed by atoms with Crippen molar-refractivity contribution in [3.8, 4) is 5.75 Å². The van der Waals surface area contributed by atoms with Gasteiger partial charge in [-0.3, -0.25) is 4.79 Å². The van der Waals surface area contributed by atoms with Crippen molar-refractivity contribution in [2.75, 3.05) is 26.7 Å². The molecule has 0 aromatic heterocycles. The van der Waals surface area contributed by atoms with Gasteiger partial charge < -0.3 is 9.64 Å². The molecule has 1 aliphatic rings. The van der Waals surface area contributed by atoms with Gasteiger partial charge in [-0.15, -0.1) is 0 Å². The lowest BCUT2D eigenvalue weighted by molar-refractivity contribution is -0.121. The van der Waals surface area contributed by atoms with Crippen LogP contribution in [-0.2, 0) is 11.2 Å². The Morgan fingerprint density at radius 1 is 1.26 bits per heavy atom. The van der Waals surface area contributed by atoms with Gasteiger partial charge in [0.25, 0.3) is 0 Å². The molecule has 0 radical (unpaired) electrons. The molecule has 0 unspecified atom stereocenters. The molecule has 2 rings (SSSR count). The van der Waals surface area contributed by atoms with Gasteiger partial charge in [-0.1, -0.05) is 17.7 Å². The number of ether oxygens (including phenoxy) is 1. The zero-order valence-corrected chi connectivity index (χ0v) is 11.9. The second kappa shape index (κ2) is 6.71. The number of ketones is 1. The summed E-state index contributed by atoms with van der Waals surface area (Å²) in [5, 5.41) is 0. The van der Waals surface area contributed by atoms with E-state index in [4.69, 9.17) is 4.74 Å². The largest absolute Gasteiger partial charge is 0.496 e. The van der Waals surface area contributed by atoms with Crippen LogP contribution in [0.15, 0.2) is 18.2 Å². The van der Waals surface area contributed by atoms with Gasteiger partial charge in [-0.25, -0.2) is 0 Å². The molecule has 1 aliphatic heterocycles. The lowest BCUT2D eigenvalue weighted by Crippen LogP contribution is -2.34. The topological polar surface area (TPSA) is 29.5 Å². The maximum absolute atomic E-state index is 11.2. The summed E-state index contributed by atoms with van der Waals surface area (Å²) >= 11 is 0. The molecule has 0 bridgehead atoms. The Morgan fingerprint density at radius 2 is 2.00 bits per heavy atom. The summed E-state index contributed by atoms with van der Waals surface area (Å²) in [4.78, 5) is 13.6. The highest BCUT2D eigenvalue weighted by molar-refractivity contribution is 5.79. The first kappa shape index (κ1) is 14.1. The summed E-state index contributed by atoms with van der Waals surface area (Å²) in [5.41, 5.74) is 2.56. The molecule has 3 heteroatoms.